The highest BCUT2D eigenvalue weighted by Gasteiger charge is 2.21. The monoisotopic (exact) mass is 1540 g/mol. The number of benzene rings is 14. The van der Waals surface area contributed by atoms with E-state index in [1.165, 1.54) is 63.7 Å². The quantitative estimate of drug-likeness (QED) is 0.0719. The first-order valence-electron chi connectivity index (χ1n) is 38.3. The van der Waals surface area contributed by atoms with Gasteiger partial charge in [0.15, 0.2) is 0 Å². The minimum absolute atomic E-state index is 0.446. The molecule has 0 unspecified atom stereocenters. The van der Waals surface area contributed by atoms with Gasteiger partial charge in [-0.05, 0) is 144 Å². The molecule has 0 aliphatic carbocycles. The third-order valence-corrected chi connectivity index (χ3v) is 28.6. The Hall–Kier alpha value is -10.7. The van der Waals surface area contributed by atoms with E-state index in [2.05, 4.69) is 386 Å². The van der Waals surface area contributed by atoms with Crippen LogP contribution in [0.4, 0.5) is 5.69 Å². The lowest BCUT2D eigenvalue weighted by molar-refractivity contribution is 0.0312. The van der Waals surface area contributed by atoms with Crippen molar-refractivity contribution < 1.29 is 18.3 Å². The van der Waals surface area contributed by atoms with Crippen LogP contribution in [0, 0.1) is 6.92 Å². The van der Waals surface area contributed by atoms with Gasteiger partial charge < -0.3 is 24.0 Å². The smallest absolute Gasteiger partial charge is 0.134 e. The van der Waals surface area contributed by atoms with E-state index in [-0.39, 0.29) is 0 Å². The van der Waals surface area contributed by atoms with Crippen molar-refractivity contribution in [2.24, 2.45) is 0 Å². The van der Waals surface area contributed by atoms with Crippen LogP contribution in [0.25, 0.3) is 22.1 Å². The summed E-state index contributed by atoms with van der Waals surface area (Å²) in [7, 11) is -1.78. The molecule has 0 atom stereocenters. The van der Waals surface area contributed by atoms with Crippen molar-refractivity contribution in [3.05, 3.63) is 442 Å². The van der Waals surface area contributed by atoms with Gasteiger partial charge in [0.2, 0.25) is 0 Å². The standard InChI is InChI=1S/C19H20N2O2.4C18H15P.C10H15NO2/c20-18-7-6-17(15-3-1-2-4-16(15)18)19-8-5-14(23-19)13-21-9-11-22-12-10-21;4*1-4-10-16(11-5-1)19(17-12-6-2-7-13-17)18-14-8-3-9-15-18;1-9-2-3-10(13-9)8-11-4-6-12-7-5-11/h1-8H,9-13,20H2;4*1-15H;2-3H,4-8H2,1H3. The van der Waals surface area contributed by atoms with E-state index < -0.39 is 31.7 Å². The lowest BCUT2D eigenvalue weighted by Gasteiger charge is -2.25. The Bertz CT molecular complexity index is 4420. The molecule has 14 aromatic carbocycles. The van der Waals surface area contributed by atoms with Gasteiger partial charge in [-0.25, -0.2) is 0 Å². The number of ether oxygens (including phenoxy) is 2. The fraction of sp³-hybridized carbons (Fsp3) is 0.109. The van der Waals surface area contributed by atoms with Gasteiger partial charge in [-0.15, -0.1) is 0 Å². The molecule has 2 aliphatic rings. The molecule has 0 saturated carbocycles. The number of nitrogens with two attached hydrogens (primary N) is 1. The molecule has 2 aromatic heterocycles. The maximum atomic E-state index is 6.10. The predicted octanol–water partition coefficient (Wildman–Crippen LogP) is 18.7. The molecule has 112 heavy (non-hydrogen) atoms. The number of hydrogen-bond acceptors (Lipinski definition) is 7. The van der Waals surface area contributed by atoms with Crippen molar-refractivity contribution in [2.45, 2.75) is 20.0 Å². The Morgan fingerprint density at radius 3 is 0.705 bits per heavy atom. The van der Waals surface area contributed by atoms with Gasteiger partial charge in [0, 0.05) is 42.8 Å². The zero-order valence-electron chi connectivity index (χ0n) is 63.4. The van der Waals surface area contributed by atoms with Crippen molar-refractivity contribution in [3.8, 4) is 11.3 Å². The number of fused-ring (bicyclic) bond motifs is 1. The summed E-state index contributed by atoms with van der Waals surface area (Å²) in [5, 5.41) is 19.0. The Balaban J connectivity index is 0.000000118. The van der Waals surface area contributed by atoms with Gasteiger partial charge in [0.1, 0.15) is 23.0 Å². The maximum Gasteiger partial charge on any atom is 0.134 e. The Kier molecular flexibility index (Phi) is 30.6. The van der Waals surface area contributed by atoms with Gasteiger partial charge in [-0.2, -0.15) is 0 Å². The minimum Gasteiger partial charge on any atom is -0.465 e. The van der Waals surface area contributed by atoms with Crippen molar-refractivity contribution >= 4 is 112 Å². The molecule has 11 heteroatoms. The van der Waals surface area contributed by atoms with E-state index in [1.54, 1.807) is 0 Å². The summed E-state index contributed by atoms with van der Waals surface area (Å²) >= 11 is 0. The van der Waals surface area contributed by atoms with Crippen LogP contribution in [0.15, 0.2) is 433 Å². The second-order valence-electron chi connectivity index (χ2n) is 26.7. The third-order valence-electron chi connectivity index (χ3n) is 18.8. The molecule has 0 bridgehead atoms. The normalized spacial score (nSPS) is 12.7. The van der Waals surface area contributed by atoms with Crippen LogP contribution >= 0.6 is 31.7 Å². The largest absolute Gasteiger partial charge is 0.465 e. The Morgan fingerprint density at radius 1 is 0.241 bits per heavy atom. The van der Waals surface area contributed by atoms with Gasteiger partial charge in [0.05, 0.1) is 39.5 Å². The van der Waals surface area contributed by atoms with Crippen molar-refractivity contribution in [1.29, 1.82) is 0 Å². The van der Waals surface area contributed by atoms with Crippen LogP contribution < -0.4 is 69.4 Å². The SMILES string of the molecule is Cc1ccc(CN2CCOCC2)o1.Nc1ccc(-c2ccc(CN3CCOCC3)o2)c2ccccc12.c1ccc(P(c2ccccc2)c2ccccc2)cc1.c1ccc(P(c2ccccc2)c2ccccc2)cc1.c1ccc(P(c2ccccc2)c2ccccc2)cc1.c1ccc(P(c2ccccc2)c2ccccc2)cc1. The lowest BCUT2D eigenvalue weighted by Crippen LogP contribution is -2.35. The number of furan rings is 2. The van der Waals surface area contributed by atoms with Gasteiger partial charge in [-0.1, -0.05) is 388 Å². The van der Waals surface area contributed by atoms with Crippen molar-refractivity contribution in [3.63, 3.8) is 0 Å². The molecule has 7 nitrogen and oxygen atoms in total. The number of nitrogens with zero attached hydrogens (tertiary/aromatic N) is 2. The molecule has 0 amide bonds. The number of morpholine rings is 2. The van der Waals surface area contributed by atoms with Gasteiger partial charge in [-0.3, -0.25) is 9.80 Å². The number of hydrogen-bond donors (Lipinski definition) is 1. The van der Waals surface area contributed by atoms with Crippen molar-refractivity contribution in [2.75, 3.05) is 58.3 Å². The zero-order valence-corrected chi connectivity index (χ0v) is 67.0. The lowest BCUT2D eigenvalue weighted by atomic mass is 10.0. The number of anilines is 1. The summed E-state index contributed by atoms with van der Waals surface area (Å²) in [4.78, 5) is 4.70. The van der Waals surface area contributed by atoms with Crippen LogP contribution in [0.2, 0.25) is 0 Å². The van der Waals surface area contributed by atoms with Crippen LogP contribution in [-0.2, 0) is 22.6 Å². The Morgan fingerprint density at radius 2 is 0.464 bits per heavy atom. The second kappa shape index (κ2) is 43.2. The topological polar surface area (TPSA) is 77.2 Å². The highest BCUT2D eigenvalue weighted by Crippen LogP contribution is 2.37. The maximum absolute atomic E-state index is 6.10. The zero-order chi connectivity index (χ0) is 76.4. The third kappa shape index (κ3) is 23.2. The number of rotatable bonds is 17. The molecule has 558 valence electrons. The van der Waals surface area contributed by atoms with Crippen LogP contribution in [0.1, 0.15) is 17.3 Å². The summed E-state index contributed by atoms with van der Waals surface area (Å²) in [5.74, 6) is 3.93. The summed E-state index contributed by atoms with van der Waals surface area (Å²) in [6.45, 7) is 11.0. The van der Waals surface area contributed by atoms with Gasteiger partial charge in [0.25, 0.3) is 0 Å². The molecule has 0 radical (unpaired) electrons. The molecule has 2 N–H and O–H groups in total. The molecule has 18 rings (SSSR count). The van der Waals surface area contributed by atoms with E-state index in [1.807, 2.05) is 55.5 Å². The highest BCUT2D eigenvalue weighted by atomic mass is 31.1. The summed E-state index contributed by atoms with van der Waals surface area (Å²) < 4.78 is 22.3. The van der Waals surface area contributed by atoms with E-state index in [4.69, 9.17) is 24.0 Å². The number of aryl methyl sites for hydroxylation is 1. The van der Waals surface area contributed by atoms with E-state index >= 15 is 0 Å². The second-order valence-corrected chi connectivity index (χ2v) is 35.6. The van der Waals surface area contributed by atoms with Gasteiger partial charge >= 0.3 is 0 Å². The molecule has 16 aromatic rings. The molecular formula is C101H95N3O4P4. The molecule has 0 spiro atoms. The van der Waals surface area contributed by atoms with E-state index in [9.17, 15) is 0 Å². The first-order valence-corrected chi connectivity index (χ1v) is 43.7. The average Bonchev–Trinajstić information content (AvgIpc) is 1.41. The minimum atomic E-state index is -0.446. The van der Waals surface area contributed by atoms with Crippen LogP contribution in [0.5, 0.6) is 0 Å². The van der Waals surface area contributed by atoms with Crippen LogP contribution in [0.3, 0.4) is 0 Å². The van der Waals surface area contributed by atoms with E-state index in [0.717, 1.165) is 111 Å². The van der Waals surface area contributed by atoms with E-state index in [0.29, 0.717) is 0 Å². The summed E-state index contributed by atoms with van der Waals surface area (Å²) in [6, 6.07) is 150. The molecule has 2 saturated heterocycles. The molecule has 2 fully saturated rings. The molecule has 2 aliphatic heterocycles. The Labute approximate surface area is 667 Å². The molecule has 4 heterocycles. The highest BCUT2D eigenvalue weighted by molar-refractivity contribution is 7.81. The van der Waals surface area contributed by atoms with Crippen molar-refractivity contribution in [1.82, 2.24) is 9.80 Å². The fourth-order valence-electron chi connectivity index (χ4n) is 13.4. The average molecular weight is 1540 g/mol. The number of nitrogen functional groups attached to an aromatic ring is 1. The fourth-order valence-corrected chi connectivity index (χ4v) is 22.6. The summed E-state index contributed by atoms with van der Waals surface area (Å²) in [5.41, 5.74) is 7.96. The molecular weight excluding hydrogens is 1440 g/mol. The first kappa shape index (κ1) is 79.3. The predicted molar refractivity (Wildman–Crippen MR) is 482 cm³/mol. The first-order chi connectivity index (χ1) is 55.5. The summed E-state index contributed by atoms with van der Waals surface area (Å²) in [6.07, 6.45) is 0. The van der Waals surface area contributed by atoms with Crippen LogP contribution in [-0.4, -0.2) is 62.4 Å².